The first-order chi connectivity index (χ1) is 5.78. The molecule has 0 aromatic carbocycles. The maximum absolute atomic E-state index is 10.3. The third-order valence-electron chi connectivity index (χ3n) is 1.29. The molecule has 0 bridgehead atoms. The van der Waals surface area contributed by atoms with Crippen LogP contribution < -0.4 is 0 Å². The molecule has 0 unspecified atom stereocenters. The van der Waals surface area contributed by atoms with Crippen LogP contribution in [0.1, 0.15) is 12.8 Å². The number of hydrogen-bond donors (Lipinski definition) is 4. The molecule has 0 heterocycles. The normalized spacial score (nSPS) is 8.29. The van der Waals surface area contributed by atoms with E-state index in [9.17, 15) is 14.4 Å². The van der Waals surface area contributed by atoms with Crippen molar-refractivity contribution in [1.82, 2.24) is 0 Å². The molecule has 0 fully saturated rings. The van der Waals surface area contributed by atoms with E-state index in [0.717, 1.165) is 0 Å². The standard InChI is InChI=1S/C6H8O7.3Na.Sr.5H/c7-3(8)1-6(13,5(11)12)2-4(9)10;;;;;;;;;/h13H,1-2H2,(H,7,8)(H,9,10)(H,11,12);;;;;;;;;. The van der Waals surface area contributed by atoms with Crippen LogP contribution >= 0.6 is 0 Å². The maximum atomic E-state index is 10.3. The first-order valence-electron chi connectivity index (χ1n) is 3.17. The van der Waals surface area contributed by atoms with E-state index in [1.807, 2.05) is 0 Å². The summed E-state index contributed by atoms with van der Waals surface area (Å²) in [6.45, 7) is 0. The van der Waals surface area contributed by atoms with Crippen LogP contribution in [-0.2, 0) is 14.4 Å². The fourth-order valence-electron chi connectivity index (χ4n) is 0.714. The van der Waals surface area contributed by atoms with Crippen molar-refractivity contribution in [1.29, 1.82) is 0 Å². The Kier molecular flexibility index (Phi) is 28.7. The molecule has 0 rings (SSSR count). The van der Waals surface area contributed by atoms with Gasteiger partial charge in [-0.2, -0.15) is 0 Å². The molecule has 0 aliphatic rings. The topological polar surface area (TPSA) is 132 Å². The average molecular weight is 354 g/mol. The summed E-state index contributed by atoms with van der Waals surface area (Å²) in [5, 5.41) is 33.8. The van der Waals surface area contributed by atoms with Gasteiger partial charge in [-0.1, -0.05) is 0 Å². The van der Waals surface area contributed by atoms with Crippen LogP contribution in [0.25, 0.3) is 0 Å². The Morgan fingerprint density at radius 3 is 1.18 bits per heavy atom. The molecule has 4 N–H and O–H groups in total. The predicted octanol–water partition coefficient (Wildman–Crippen LogP) is -4.11. The van der Waals surface area contributed by atoms with E-state index in [1.54, 1.807) is 0 Å². The molecule has 0 aliphatic carbocycles. The number of rotatable bonds is 5. The van der Waals surface area contributed by atoms with Crippen molar-refractivity contribution < 1.29 is 34.8 Å². The van der Waals surface area contributed by atoms with Gasteiger partial charge in [-0.25, -0.2) is 4.79 Å². The molecule has 0 atom stereocenters. The van der Waals surface area contributed by atoms with Gasteiger partial charge in [0, 0.05) is 0 Å². The number of aliphatic carboxylic acids is 3. The van der Waals surface area contributed by atoms with Crippen LogP contribution in [0.5, 0.6) is 0 Å². The van der Waals surface area contributed by atoms with Gasteiger partial charge in [-0.15, -0.1) is 0 Å². The minimum atomic E-state index is -2.74. The summed E-state index contributed by atoms with van der Waals surface area (Å²) in [6.07, 6.45) is -2.29. The molecule has 0 aromatic rings. The summed E-state index contributed by atoms with van der Waals surface area (Å²) >= 11 is 0. The molecule has 0 saturated carbocycles. The molecule has 0 spiro atoms. The third kappa shape index (κ3) is 15.1. The summed E-state index contributed by atoms with van der Waals surface area (Å²) < 4.78 is 0. The summed E-state index contributed by atoms with van der Waals surface area (Å²) in [5.74, 6) is -5.02. The molecule has 84 valence electrons. The molecule has 0 amide bonds. The Balaban J connectivity index is -0.000000120. The number of carbonyl (C=O) groups is 3. The molecule has 0 saturated heterocycles. The predicted molar refractivity (Wildman–Crippen MR) is 67.1 cm³/mol. The van der Waals surface area contributed by atoms with Crippen LogP contribution in [0.2, 0.25) is 0 Å². The van der Waals surface area contributed by atoms with Crippen molar-refractivity contribution in [3.8, 4) is 0 Å². The van der Waals surface area contributed by atoms with Crippen LogP contribution in [0.3, 0.4) is 0 Å². The summed E-state index contributed by atoms with van der Waals surface area (Å²) in [6, 6.07) is 0. The van der Waals surface area contributed by atoms with Gasteiger partial charge in [-0.3, -0.25) is 9.59 Å². The van der Waals surface area contributed by atoms with E-state index >= 15 is 0 Å². The summed E-state index contributed by atoms with van der Waals surface area (Å²) in [5.41, 5.74) is -2.74. The van der Waals surface area contributed by atoms with E-state index in [4.69, 9.17) is 20.4 Å². The van der Waals surface area contributed by atoms with Crippen molar-refractivity contribution in [2.24, 2.45) is 0 Å². The van der Waals surface area contributed by atoms with Crippen molar-refractivity contribution >= 4 is 152 Å². The second kappa shape index (κ2) is 15.2. The third-order valence-corrected chi connectivity index (χ3v) is 1.29. The second-order valence-electron chi connectivity index (χ2n) is 2.48. The Hall–Kier alpha value is 2.85. The van der Waals surface area contributed by atoms with Gasteiger partial charge in [-0.05, 0) is 0 Å². The monoisotopic (exact) mass is 354 g/mol. The van der Waals surface area contributed by atoms with Gasteiger partial charge in [0.25, 0.3) is 0 Å². The molecular weight excluding hydrogens is 341 g/mol. The van der Waals surface area contributed by atoms with E-state index in [-0.39, 0.29) is 134 Å². The molecule has 0 radical (unpaired) electrons. The second-order valence-corrected chi connectivity index (χ2v) is 2.48. The van der Waals surface area contributed by atoms with Gasteiger partial charge < -0.3 is 20.4 Å². The minimum absolute atomic E-state index is 0. The number of hydrogen-bond acceptors (Lipinski definition) is 4. The van der Waals surface area contributed by atoms with Crippen LogP contribution in [0, 0.1) is 0 Å². The van der Waals surface area contributed by atoms with Crippen LogP contribution in [0.15, 0.2) is 0 Å². The SMILES string of the molecule is O=C(O)CC(O)(CC(=O)O)C(=O)O.[NaH].[NaH].[NaH].[SrH2]. The van der Waals surface area contributed by atoms with E-state index in [0.29, 0.717) is 0 Å². The van der Waals surface area contributed by atoms with E-state index in [2.05, 4.69) is 0 Å². The fraction of sp³-hybridized carbons (Fsp3) is 0.500. The molecule has 0 aromatic heterocycles. The fourth-order valence-corrected chi connectivity index (χ4v) is 0.714. The zero-order valence-corrected chi connectivity index (χ0v) is 6.43. The van der Waals surface area contributed by atoms with Gasteiger partial charge in [0.1, 0.15) is 0 Å². The zero-order valence-electron chi connectivity index (χ0n) is 6.43. The van der Waals surface area contributed by atoms with Gasteiger partial charge in [0.15, 0.2) is 5.60 Å². The van der Waals surface area contributed by atoms with E-state index < -0.39 is 36.4 Å². The molecule has 0 aliphatic heterocycles. The first-order valence-corrected chi connectivity index (χ1v) is 3.17. The molecule has 11 heteroatoms. The Bertz CT molecular complexity index is 244. The Labute approximate surface area is 201 Å². The quantitative estimate of drug-likeness (QED) is 0.369. The summed E-state index contributed by atoms with van der Waals surface area (Å²) in [4.78, 5) is 30.5. The van der Waals surface area contributed by atoms with Crippen molar-refractivity contribution in [2.45, 2.75) is 18.4 Å². The number of carboxylic acids is 3. The Morgan fingerprint density at radius 1 is 0.824 bits per heavy atom. The van der Waals surface area contributed by atoms with Gasteiger partial charge in [0.05, 0.1) is 12.8 Å². The molecule has 7 nitrogen and oxygen atoms in total. The molecular formula is C6H13Na3O7Sr. The van der Waals surface area contributed by atoms with Crippen molar-refractivity contribution in [3.63, 3.8) is 0 Å². The average Bonchev–Trinajstić information content (AvgIpc) is 1.82. The first kappa shape index (κ1) is 32.0. The van der Waals surface area contributed by atoms with Crippen LogP contribution in [0.4, 0.5) is 0 Å². The molecule has 17 heavy (non-hydrogen) atoms. The summed E-state index contributed by atoms with van der Waals surface area (Å²) in [7, 11) is 0. The van der Waals surface area contributed by atoms with E-state index in [1.165, 1.54) is 0 Å². The zero-order chi connectivity index (χ0) is 10.6. The number of carboxylic acid groups (broad SMARTS) is 3. The van der Waals surface area contributed by atoms with Gasteiger partial charge in [0.2, 0.25) is 0 Å². The number of aliphatic hydroxyl groups is 1. The van der Waals surface area contributed by atoms with Crippen molar-refractivity contribution in [3.05, 3.63) is 0 Å². The van der Waals surface area contributed by atoms with Crippen molar-refractivity contribution in [2.75, 3.05) is 0 Å². The van der Waals surface area contributed by atoms with Gasteiger partial charge >= 0.3 is 152 Å². The Morgan fingerprint density at radius 2 is 1.06 bits per heavy atom. The van der Waals surface area contributed by atoms with Crippen LogP contribution in [-0.4, -0.2) is 178 Å².